The lowest BCUT2D eigenvalue weighted by Gasteiger charge is -2.08. The molecule has 0 saturated carbocycles. The molecule has 0 spiro atoms. The Morgan fingerprint density at radius 3 is 2.60 bits per heavy atom. The third-order valence-corrected chi connectivity index (χ3v) is 2.55. The maximum absolute atomic E-state index is 13.0. The van der Waals surface area contributed by atoms with E-state index in [0.29, 0.717) is 0 Å². The first kappa shape index (κ1) is 13.7. The van der Waals surface area contributed by atoms with Gasteiger partial charge in [-0.2, -0.15) is 0 Å². The number of nitrogens with zero attached hydrogens (tertiary/aromatic N) is 1. The highest BCUT2D eigenvalue weighted by atomic mass is 19.2. The van der Waals surface area contributed by atoms with E-state index in [-0.39, 0.29) is 17.9 Å². The minimum absolute atomic E-state index is 0.0805. The van der Waals surface area contributed by atoms with Gasteiger partial charge in [0.15, 0.2) is 11.6 Å². The molecule has 7 heteroatoms. The molecule has 0 bridgehead atoms. The molecule has 20 heavy (non-hydrogen) atoms. The number of amides is 1. The van der Waals surface area contributed by atoms with Crippen molar-refractivity contribution in [2.24, 2.45) is 0 Å². The molecule has 0 fully saturated rings. The quantitative estimate of drug-likeness (QED) is 0.901. The van der Waals surface area contributed by atoms with Crippen LogP contribution in [0, 0.1) is 11.6 Å². The van der Waals surface area contributed by atoms with E-state index in [1.807, 2.05) is 0 Å². The summed E-state index contributed by atoms with van der Waals surface area (Å²) < 4.78 is 27.0. The number of carboxylic acids is 1. The normalized spacial score (nSPS) is 10.3. The van der Waals surface area contributed by atoms with Gasteiger partial charge in [0.05, 0.1) is 0 Å². The molecule has 1 aromatic carbocycles. The second kappa shape index (κ2) is 5.52. The summed E-state index contributed by atoms with van der Waals surface area (Å²) in [4.78, 5) is 22.6. The molecule has 2 rings (SSSR count). The topological polar surface area (TPSA) is 71.3 Å². The number of nitrogens with one attached hydrogen (secondary N) is 1. The van der Waals surface area contributed by atoms with Crippen molar-refractivity contribution in [2.75, 3.05) is 5.32 Å². The molecular formula is C13H10F2N2O3. The Morgan fingerprint density at radius 2 is 1.95 bits per heavy atom. The molecule has 0 atom stereocenters. The minimum Gasteiger partial charge on any atom is -0.480 e. The van der Waals surface area contributed by atoms with Crippen molar-refractivity contribution >= 4 is 17.6 Å². The molecule has 0 unspecified atom stereocenters. The van der Waals surface area contributed by atoms with E-state index in [0.717, 1.165) is 12.1 Å². The van der Waals surface area contributed by atoms with Crippen LogP contribution >= 0.6 is 0 Å². The maximum atomic E-state index is 13.0. The van der Waals surface area contributed by atoms with E-state index in [2.05, 4.69) is 5.32 Å². The van der Waals surface area contributed by atoms with E-state index >= 15 is 0 Å². The Labute approximate surface area is 112 Å². The number of halogens is 2. The van der Waals surface area contributed by atoms with Gasteiger partial charge in [-0.25, -0.2) is 8.78 Å². The van der Waals surface area contributed by atoms with Crippen molar-refractivity contribution in [3.63, 3.8) is 0 Å². The van der Waals surface area contributed by atoms with Crippen LogP contribution in [0.5, 0.6) is 0 Å². The third kappa shape index (κ3) is 3.00. The van der Waals surface area contributed by atoms with E-state index in [1.165, 1.54) is 29.0 Å². The molecular weight excluding hydrogens is 270 g/mol. The van der Waals surface area contributed by atoms with Gasteiger partial charge in [-0.1, -0.05) is 0 Å². The van der Waals surface area contributed by atoms with Gasteiger partial charge in [-0.15, -0.1) is 0 Å². The second-order valence-electron chi connectivity index (χ2n) is 4.00. The summed E-state index contributed by atoms with van der Waals surface area (Å²) in [5.41, 5.74) is 0.189. The lowest BCUT2D eigenvalue weighted by molar-refractivity contribution is -0.137. The number of hydrogen-bond donors (Lipinski definition) is 2. The van der Waals surface area contributed by atoms with Crippen LogP contribution in [0.15, 0.2) is 36.5 Å². The predicted molar refractivity (Wildman–Crippen MR) is 66.4 cm³/mol. The molecule has 0 aliphatic carbocycles. The number of aromatic nitrogens is 1. The monoisotopic (exact) mass is 280 g/mol. The molecule has 1 heterocycles. The molecule has 0 aliphatic heterocycles. The summed E-state index contributed by atoms with van der Waals surface area (Å²) in [5, 5.41) is 11.1. The summed E-state index contributed by atoms with van der Waals surface area (Å²) in [5.74, 6) is -3.80. The van der Waals surface area contributed by atoms with E-state index in [1.54, 1.807) is 0 Å². The van der Waals surface area contributed by atoms with Gasteiger partial charge >= 0.3 is 5.97 Å². The van der Waals surface area contributed by atoms with Crippen LogP contribution in [-0.4, -0.2) is 21.6 Å². The number of benzene rings is 1. The molecule has 5 nitrogen and oxygen atoms in total. The van der Waals surface area contributed by atoms with E-state index in [9.17, 15) is 18.4 Å². The van der Waals surface area contributed by atoms with Crippen molar-refractivity contribution in [1.82, 2.24) is 4.57 Å². The van der Waals surface area contributed by atoms with Crippen LogP contribution in [-0.2, 0) is 11.3 Å². The number of hydrogen-bond acceptors (Lipinski definition) is 2. The van der Waals surface area contributed by atoms with E-state index < -0.39 is 23.5 Å². The zero-order valence-electron chi connectivity index (χ0n) is 10.1. The molecule has 1 aromatic heterocycles. The van der Waals surface area contributed by atoms with Gasteiger partial charge < -0.3 is 15.0 Å². The van der Waals surface area contributed by atoms with Crippen molar-refractivity contribution < 1.29 is 23.5 Å². The van der Waals surface area contributed by atoms with Gasteiger partial charge in [0.1, 0.15) is 12.2 Å². The first-order valence-corrected chi connectivity index (χ1v) is 5.60. The third-order valence-electron chi connectivity index (χ3n) is 2.55. The summed E-state index contributed by atoms with van der Waals surface area (Å²) in [7, 11) is 0. The van der Waals surface area contributed by atoms with Gasteiger partial charge in [0, 0.05) is 18.0 Å². The average molecular weight is 280 g/mol. The zero-order valence-corrected chi connectivity index (χ0v) is 10.1. The molecule has 2 aromatic rings. The fourth-order valence-electron chi connectivity index (χ4n) is 1.67. The molecule has 104 valence electrons. The van der Waals surface area contributed by atoms with E-state index in [4.69, 9.17) is 5.11 Å². The largest absolute Gasteiger partial charge is 0.480 e. The van der Waals surface area contributed by atoms with Crippen molar-refractivity contribution in [3.8, 4) is 0 Å². The SMILES string of the molecule is O=C(O)Cn1cccc1C(=O)Nc1ccc(F)c(F)c1. The summed E-state index contributed by atoms with van der Waals surface area (Å²) in [6.07, 6.45) is 1.44. The smallest absolute Gasteiger partial charge is 0.323 e. The van der Waals surface area contributed by atoms with Crippen LogP contribution in [0.1, 0.15) is 10.5 Å². The Kier molecular flexibility index (Phi) is 3.79. The van der Waals surface area contributed by atoms with Crippen LogP contribution in [0.3, 0.4) is 0 Å². The van der Waals surface area contributed by atoms with Gasteiger partial charge in [-0.05, 0) is 24.3 Å². The Morgan fingerprint density at radius 1 is 1.20 bits per heavy atom. The molecule has 2 N–H and O–H groups in total. The molecule has 0 saturated heterocycles. The Hall–Kier alpha value is -2.70. The highest BCUT2D eigenvalue weighted by Crippen LogP contribution is 2.14. The lowest BCUT2D eigenvalue weighted by atomic mass is 10.3. The number of aliphatic carboxylic acids is 1. The first-order chi connectivity index (χ1) is 9.47. The van der Waals surface area contributed by atoms with Crippen LogP contribution in [0.2, 0.25) is 0 Å². The highest BCUT2D eigenvalue weighted by molar-refractivity contribution is 6.03. The number of carbonyl (C=O) groups is 2. The highest BCUT2D eigenvalue weighted by Gasteiger charge is 2.13. The Balaban J connectivity index is 2.17. The van der Waals surface area contributed by atoms with Crippen LogP contribution in [0.25, 0.3) is 0 Å². The standard InChI is InChI=1S/C13H10F2N2O3/c14-9-4-3-8(6-10(9)15)16-13(20)11-2-1-5-17(11)7-12(18)19/h1-6H,7H2,(H,16,20)(H,18,19). The lowest BCUT2D eigenvalue weighted by Crippen LogP contribution is -2.19. The molecule has 0 aliphatic rings. The van der Waals surface area contributed by atoms with Gasteiger partial charge in [0.2, 0.25) is 0 Å². The number of carboxylic acid groups (broad SMARTS) is 1. The van der Waals surface area contributed by atoms with Gasteiger partial charge in [-0.3, -0.25) is 9.59 Å². The van der Waals surface area contributed by atoms with Crippen molar-refractivity contribution in [2.45, 2.75) is 6.54 Å². The minimum atomic E-state index is -1.09. The van der Waals surface area contributed by atoms with Crippen LogP contribution < -0.4 is 5.32 Å². The number of carbonyl (C=O) groups excluding carboxylic acids is 1. The van der Waals surface area contributed by atoms with Crippen molar-refractivity contribution in [3.05, 3.63) is 53.9 Å². The van der Waals surface area contributed by atoms with Crippen molar-refractivity contribution in [1.29, 1.82) is 0 Å². The zero-order chi connectivity index (χ0) is 14.7. The number of rotatable bonds is 4. The average Bonchev–Trinajstić information content (AvgIpc) is 2.81. The predicted octanol–water partition coefficient (Wildman–Crippen LogP) is 2.10. The van der Waals surface area contributed by atoms with Crippen LogP contribution in [0.4, 0.5) is 14.5 Å². The maximum Gasteiger partial charge on any atom is 0.323 e. The molecule has 1 amide bonds. The second-order valence-corrected chi connectivity index (χ2v) is 4.00. The molecule has 0 radical (unpaired) electrons. The summed E-state index contributed by atoms with van der Waals surface area (Å²) in [6.45, 7) is -0.368. The Bertz CT molecular complexity index is 667. The summed E-state index contributed by atoms with van der Waals surface area (Å²) >= 11 is 0. The number of anilines is 1. The fourth-order valence-corrected chi connectivity index (χ4v) is 1.67. The van der Waals surface area contributed by atoms with Gasteiger partial charge in [0.25, 0.3) is 5.91 Å². The fraction of sp³-hybridized carbons (Fsp3) is 0.0769. The first-order valence-electron chi connectivity index (χ1n) is 5.60. The summed E-state index contributed by atoms with van der Waals surface area (Å²) in [6, 6.07) is 5.89.